The number of hydrogen-bond acceptors (Lipinski definition) is 1. The fraction of sp³-hybridized carbons (Fsp3) is 1.00. The second-order valence-corrected chi connectivity index (χ2v) is 3.26. The van der Waals surface area contributed by atoms with Gasteiger partial charge in [-0.1, -0.05) is 54.9 Å². The quantitative estimate of drug-likeness (QED) is 0.701. The maximum Gasteiger partial charge on any atom is -0.00493 e. The van der Waals surface area contributed by atoms with Gasteiger partial charge in [0.25, 0.3) is 0 Å². The van der Waals surface area contributed by atoms with Crippen molar-refractivity contribution in [2.24, 2.45) is 11.8 Å². The van der Waals surface area contributed by atoms with Crippen LogP contribution < -0.4 is 5.32 Å². The largest absolute Gasteiger partial charge is 0.320 e. The summed E-state index contributed by atoms with van der Waals surface area (Å²) in [5.41, 5.74) is 0. The Morgan fingerprint density at radius 3 is 1.64 bits per heavy atom. The van der Waals surface area contributed by atoms with Crippen molar-refractivity contribution in [1.29, 1.82) is 0 Å². The molecule has 0 aliphatic rings. The standard InChI is InChI=1S/C9H21N.2C2H6/c1-5-8(2)9(3)6-7-10-4;2*1-2/h8-10H,5-7H2,1-4H3;2*1-2H3. The summed E-state index contributed by atoms with van der Waals surface area (Å²) < 4.78 is 0. The predicted molar refractivity (Wildman–Crippen MR) is 69.9 cm³/mol. The first-order chi connectivity index (χ1) is 6.72. The van der Waals surface area contributed by atoms with Crippen molar-refractivity contribution in [1.82, 2.24) is 5.32 Å². The molecule has 0 amide bonds. The van der Waals surface area contributed by atoms with Crippen molar-refractivity contribution >= 4 is 0 Å². The molecule has 0 fully saturated rings. The molecular formula is C13H33N. The van der Waals surface area contributed by atoms with Gasteiger partial charge in [-0.15, -0.1) is 0 Å². The monoisotopic (exact) mass is 203 g/mol. The van der Waals surface area contributed by atoms with E-state index >= 15 is 0 Å². The fourth-order valence-electron chi connectivity index (χ4n) is 1.06. The third-order valence-corrected chi connectivity index (χ3v) is 2.47. The van der Waals surface area contributed by atoms with E-state index in [1.807, 2.05) is 34.7 Å². The summed E-state index contributed by atoms with van der Waals surface area (Å²) in [5, 5.41) is 3.18. The van der Waals surface area contributed by atoms with Gasteiger partial charge >= 0.3 is 0 Å². The van der Waals surface area contributed by atoms with E-state index < -0.39 is 0 Å². The van der Waals surface area contributed by atoms with Gasteiger partial charge in [-0.2, -0.15) is 0 Å². The first-order valence-corrected chi connectivity index (χ1v) is 6.37. The molecule has 1 nitrogen and oxygen atoms in total. The Labute approximate surface area is 92.7 Å². The average Bonchev–Trinajstić information content (AvgIpc) is 2.30. The second kappa shape index (κ2) is 18.7. The van der Waals surface area contributed by atoms with Gasteiger partial charge in [0.15, 0.2) is 0 Å². The molecular weight excluding hydrogens is 170 g/mol. The topological polar surface area (TPSA) is 12.0 Å². The van der Waals surface area contributed by atoms with Crippen molar-refractivity contribution in [3.63, 3.8) is 0 Å². The molecule has 0 aliphatic carbocycles. The Hall–Kier alpha value is -0.0400. The van der Waals surface area contributed by atoms with Crippen LogP contribution >= 0.6 is 0 Å². The summed E-state index contributed by atoms with van der Waals surface area (Å²) in [4.78, 5) is 0. The first kappa shape index (κ1) is 19.5. The minimum Gasteiger partial charge on any atom is -0.320 e. The molecule has 1 heteroatoms. The fourth-order valence-corrected chi connectivity index (χ4v) is 1.06. The number of rotatable bonds is 5. The van der Waals surface area contributed by atoms with E-state index in [4.69, 9.17) is 0 Å². The van der Waals surface area contributed by atoms with Crippen molar-refractivity contribution in [2.75, 3.05) is 13.6 Å². The van der Waals surface area contributed by atoms with E-state index in [0.29, 0.717) is 0 Å². The molecule has 14 heavy (non-hydrogen) atoms. The third kappa shape index (κ3) is 14.5. The smallest absolute Gasteiger partial charge is 0.00493 e. The molecule has 1 N–H and O–H groups in total. The Morgan fingerprint density at radius 2 is 1.36 bits per heavy atom. The van der Waals surface area contributed by atoms with Crippen LogP contribution in [0.25, 0.3) is 0 Å². The molecule has 2 atom stereocenters. The van der Waals surface area contributed by atoms with Crippen molar-refractivity contribution < 1.29 is 0 Å². The number of nitrogens with one attached hydrogen (secondary N) is 1. The minimum absolute atomic E-state index is 0.873. The Morgan fingerprint density at radius 1 is 0.929 bits per heavy atom. The lowest BCUT2D eigenvalue weighted by molar-refractivity contribution is 0.352. The lowest BCUT2D eigenvalue weighted by atomic mass is 9.91. The van der Waals surface area contributed by atoms with Gasteiger partial charge in [0.05, 0.1) is 0 Å². The van der Waals surface area contributed by atoms with E-state index in [0.717, 1.165) is 18.4 Å². The zero-order valence-corrected chi connectivity index (χ0v) is 11.8. The summed E-state index contributed by atoms with van der Waals surface area (Å²) in [5.74, 6) is 1.76. The molecule has 0 spiro atoms. The van der Waals surface area contributed by atoms with Crippen LogP contribution in [-0.2, 0) is 0 Å². The molecule has 0 aromatic heterocycles. The van der Waals surface area contributed by atoms with Crippen LogP contribution in [0, 0.1) is 11.8 Å². The summed E-state index contributed by atoms with van der Waals surface area (Å²) in [6.45, 7) is 16.1. The Balaban J connectivity index is -0.000000266. The predicted octanol–water partition coefficient (Wildman–Crippen LogP) is 4.33. The zero-order valence-electron chi connectivity index (χ0n) is 11.8. The van der Waals surface area contributed by atoms with Gasteiger partial charge < -0.3 is 5.32 Å². The van der Waals surface area contributed by atoms with Gasteiger partial charge in [0, 0.05) is 0 Å². The van der Waals surface area contributed by atoms with Crippen LogP contribution in [0.15, 0.2) is 0 Å². The highest BCUT2D eigenvalue weighted by atomic mass is 14.8. The Kier molecular flexibility index (Phi) is 26.1. The molecule has 0 bridgehead atoms. The van der Waals surface area contributed by atoms with E-state index in [1.54, 1.807) is 0 Å². The van der Waals surface area contributed by atoms with Crippen LogP contribution in [-0.4, -0.2) is 13.6 Å². The average molecular weight is 203 g/mol. The first-order valence-electron chi connectivity index (χ1n) is 6.37. The van der Waals surface area contributed by atoms with E-state index in [9.17, 15) is 0 Å². The molecule has 0 saturated heterocycles. The van der Waals surface area contributed by atoms with Crippen molar-refractivity contribution in [2.45, 2.75) is 61.3 Å². The van der Waals surface area contributed by atoms with Crippen LogP contribution in [0.1, 0.15) is 61.3 Å². The highest BCUT2D eigenvalue weighted by Gasteiger charge is 2.08. The van der Waals surface area contributed by atoms with Crippen LogP contribution in [0.2, 0.25) is 0 Å². The van der Waals surface area contributed by atoms with Gasteiger partial charge in [0.1, 0.15) is 0 Å². The zero-order chi connectivity index (χ0) is 12.0. The van der Waals surface area contributed by atoms with E-state index in [1.165, 1.54) is 12.8 Å². The molecule has 0 aromatic carbocycles. The summed E-state index contributed by atoms with van der Waals surface area (Å²) in [7, 11) is 2.02. The van der Waals surface area contributed by atoms with Gasteiger partial charge in [0.2, 0.25) is 0 Å². The molecule has 0 saturated carbocycles. The van der Waals surface area contributed by atoms with E-state index in [-0.39, 0.29) is 0 Å². The number of hydrogen-bond donors (Lipinski definition) is 1. The minimum atomic E-state index is 0.873. The molecule has 2 unspecified atom stereocenters. The summed E-state index contributed by atoms with van der Waals surface area (Å²) >= 11 is 0. The lowest BCUT2D eigenvalue weighted by Crippen LogP contribution is -2.15. The Bertz CT molecular complexity index is 71.6. The highest BCUT2D eigenvalue weighted by Crippen LogP contribution is 2.16. The molecule has 0 radical (unpaired) electrons. The van der Waals surface area contributed by atoms with Gasteiger partial charge in [-0.3, -0.25) is 0 Å². The second-order valence-electron chi connectivity index (χ2n) is 3.26. The normalized spacial score (nSPS) is 12.9. The SMILES string of the molecule is CC.CC.CCC(C)C(C)CCNC. The van der Waals surface area contributed by atoms with Gasteiger partial charge in [-0.25, -0.2) is 0 Å². The highest BCUT2D eigenvalue weighted by molar-refractivity contribution is 4.60. The molecule has 0 rings (SSSR count). The maximum atomic E-state index is 3.18. The summed E-state index contributed by atoms with van der Waals surface area (Å²) in [6, 6.07) is 0. The van der Waals surface area contributed by atoms with Gasteiger partial charge in [-0.05, 0) is 31.8 Å². The van der Waals surface area contributed by atoms with Crippen molar-refractivity contribution in [3.8, 4) is 0 Å². The molecule has 90 valence electrons. The lowest BCUT2D eigenvalue weighted by Gasteiger charge is -2.17. The third-order valence-electron chi connectivity index (χ3n) is 2.47. The van der Waals surface area contributed by atoms with Crippen LogP contribution in [0.5, 0.6) is 0 Å². The van der Waals surface area contributed by atoms with Crippen LogP contribution in [0.3, 0.4) is 0 Å². The molecule has 0 aliphatic heterocycles. The molecule has 0 heterocycles. The van der Waals surface area contributed by atoms with Crippen molar-refractivity contribution in [3.05, 3.63) is 0 Å². The maximum absolute atomic E-state index is 3.18. The van der Waals surface area contributed by atoms with Crippen LogP contribution in [0.4, 0.5) is 0 Å². The summed E-state index contributed by atoms with van der Waals surface area (Å²) in [6.07, 6.45) is 2.62. The van der Waals surface area contributed by atoms with E-state index in [2.05, 4.69) is 26.1 Å². The molecule has 0 aromatic rings.